The van der Waals surface area contributed by atoms with Crippen LogP contribution in [0, 0.1) is 6.92 Å². The lowest BCUT2D eigenvalue weighted by Crippen LogP contribution is -2.05. The van der Waals surface area contributed by atoms with E-state index in [-0.39, 0.29) is 0 Å². The van der Waals surface area contributed by atoms with Crippen LogP contribution in [-0.4, -0.2) is 22.3 Å². The molecule has 1 heterocycles. The molecule has 0 aliphatic carbocycles. The van der Waals surface area contributed by atoms with E-state index in [9.17, 15) is 0 Å². The van der Waals surface area contributed by atoms with Gasteiger partial charge in [0.15, 0.2) is 0 Å². The zero-order chi connectivity index (χ0) is 11.9. The maximum Gasteiger partial charge on any atom is 0.116 e. The van der Waals surface area contributed by atoms with Crippen molar-refractivity contribution in [2.45, 2.75) is 11.9 Å². The molecule has 0 aliphatic heterocycles. The van der Waals surface area contributed by atoms with Gasteiger partial charge in [-0.1, -0.05) is 18.2 Å². The van der Waals surface area contributed by atoms with Gasteiger partial charge in [0.05, 0.1) is 5.03 Å². The number of anilines is 1. The van der Waals surface area contributed by atoms with E-state index in [0.717, 1.165) is 17.3 Å². The monoisotopic (exact) mass is 245 g/mol. The summed E-state index contributed by atoms with van der Waals surface area (Å²) in [5, 5.41) is 4.44. The Kier molecular flexibility index (Phi) is 4.38. The summed E-state index contributed by atoms with van der Waals surface area (Å²) in [5.74, 6) is 0.991. The van der Waals surface area contributed by atoms with Crippen LogP contribution in [0.5, 0.6) is 0 Å². The summed E-state index contributed by atoms with van der Waals surface area (Å²) in [5.41, 5.74) is 2.48. The van der Waals surface area contributed by atoms with Gasteiger partial charge in [0.25, 0.3) is 0 Å². The predicted octanol–water partition coefficient (Wildman–Crippen LogP) is 2.99. The molecule has 0 aliphatic rings. The highest BCUT2D eigenvalue weighted by atomic mass is 32.2. The van der Waals surface area contributed by atoms with E-state index in [1.807, 2.05) is 12.1 Å². The average Bonchev–Trinajstić information content (AvgIpc) is 2.38. The minimum atomic E-state index is 0.930. The topological polar surface area (TPSA) is 37.8 Å². The van der Waals surface area contributed by atoms with Crippen molar-refractivity contribution in [1.29, 1.82) is 0 Å². The number of nitrogens with zero attached hydrogens (tertiary/aromatic N) is 2. The molecule has 1 N–H and O–H groups in total. The Morgan fingerprint density at radius 1 is 1.24 bits per heavy atom. The highest BCUT2D eigenvalue weighted by molar-refractivity contribution is 7.99. The van der Waals surface area contributed by atoms with Crippen LogP contribution >= 0.6 is 11.8 Å². The highest BCUT2D eigenvalue weighted by Crippen LogP contribution is 2.15. The number of nitrogens with one attached hydrogen (secondary N) is 1. The van der Waals surface area contributed by atoms with Gasteiger partial charge in [-0.15, -0.1) is 11.8 Å². The first-order valence-electron chi connectivity index (χ1n) is 5.54. The fourth-order valence-corrected chi connectivity index (χ4v) is 2.17. The maximum atomic E-state index is 4.16. The second-order valence-electron chi connectivity index (χ2n) is 3.64. The molecule has 2 aromatic rings. The number of benzene rings is 1. The van der Waals surface area contributed by atoms with Gasteiger partial charge in [0.1, 0.15) is 6.33 Å². The van der Waals surface area contributed by atoms with Crippen LogP contribution in [0.1, 0.15) is 5.56 Å². The maximum absolute atomic E-state index is 4.16. The van der Waals surface area contributed by atoms with E-state index in [0.29, 0.717) is 0 Å². The molecule has 0 bridgehead atoms. The third kappa shape index (κ3) is 3.75. The zero-order valence-electron chi connectivity index (χ0n) is 9.76. The molecular formula is C13H15N3S. The van der Waals surface area contributed by atoms with Crippen LogP contribution in [0.2, 0.25) is 0 Å². The number of rotatable bonds is 5. The van der Waals surface area contributed by atoms with Crippen molar-refractivity contribution in [3.63, 3.8) is 0 Å². The van der Waals surface area contributed by atoms with E-state index in [2.05, 4.69) is 40.4 Å². The van der Waals surface area contributed by atoms with Crippen molar-refractivity contribution in [2.75, 3.05) is 17.6 Å². The molecule has 0 saturated carbocycles. The fraction of sp³-hybridized carbons (Fsp3) is 0.231. The zero-order valence-corrected chi connectivity index (χ0v) is 10.6. The molecule has 0 atom stereocenters. The van der Waals surface area contributed by atoms with Crippen molar-refractivity contribution in [3.8, 4) is 0 Å². The van der Waals surface area contributed by atoms with E-state index in [4.69, 9.17) is 0 Å². The van der Waals surface area contributed by atoms with Gasteiger partial charge in [0, 0.05) is 24.2 Å². The molecule has 1 aromatic heterocycles. The smallest absolute Gasteiger partial charge is 0.116 e. The Morgan fingerprint density at radius 2 is 2.12 bits per heavy atom. The lowest BCUT2D eigenvalue weighted by Gasteiger charge is -2.08. The summed E-state index contributed by atoms with van der Waals surface area (Å²) >= 11 is 1.73. The summed E-state index contributed by atoms with van der Waals surface area (Å²) in [6.07, 6.45) is 3.35. The van der Waals surface area contributed by atoms with E-state index >= 15 is 0 Å². The van der Waals surface area contributed by atoms with Gasteiger partial charge in [-0.3, -0.25) is 0 Å². The second kappa shape index (κ2) is 6.25. The number of para-hydroxylation sites is 1. The molecule has 2 rings (SSSR count). The first-order chi connectivity index (χ1) is 8.36. The highest BCUT2D eigenvalue weighted by Gasteiger charge is 1.97. The molecule has 0 amide bonds. The van der Waals surface area contributed by atoms with E-state index < -0.39 is 0 Å². The average molecular weight is 245 g/mol. The fourth-order valence-electron chi connectivity index (χ4n) is 1.48. The minimum absolute atomic E-state index is 0.930. The molecule has 3 nitrogen and oxygen atoms in total. The molecule has 17 heavy (non-hydrogen) atoms. The van der Waals surface area contributed by atoms with Crippen molar-refractivity contribution in [2.24, 2.45) is 0 Å². The lowest BCUT2D eigenvalue weighted by molar-refractivity contribution is 1.04. The number of hydrogen-bond donors (Lipinski definition) is 1. The van der Waals surface area contributed by atoms with Gasteiger partial charge in [-0.05, 0) is 24.6 Å². The Bertz CT molecular complexity index is 459. The van der Waals surface area contributed by atoms with Crippen LogP contribution in [0.25, 0.3) is 0 Å². The normalized spacial score (nSPS) is 10.2. The SMILES string of the molecule is Cc1ccccc1NCCSc1ccncn1. The van der Waals surface area contributed by atoms with Crippen molar-refractivity contribution < 1.29 is 0 Å². The van der Waals surface area contributed by atoms with Crippen LogP contribution < -0.4 is 5.32 Å². The van der Waals surface area contributed by atoms with Crippen molar-refractivity contribution in [3.05, 3.63) is 48.4 Å². The van der Waals surface area contributed by atoms with Gasteiger partial charge >= 0.3 is 0 Å². The quantitative estimate of drug-likeness (QED) is 0.499. The molecule has 0 radical (unpaired) electrons. The summed E-state index contributed by atoms with van der Waals surface area (Å²) in [6.45, 7) is 3.04. The molecule has 1 aromatic carbocycles. The molecule has 4 heteroatoms. The van der Waals surface area contributed by atoms with Crippen molar-refractivity contribution >= 4 is 17.4 Å². The number of thioether (sulfide) groups is 1. The molecule has 0 spiro atoms. The first kappa shape index (κ1) is 11.9. The first-order valence-corrected chi connectivity index (χ1v) is 6.53. The van der Waals surface area contributed by atoms with Crippen LogP contribution in [0.15, 0.2) is 47.9 Å². The molecular weight excluding hydrogens is 230 g/mol. The third-order valence-electron chi connectivity index (χ3n) is 2.37. The lowest BCUT2D eigenvalue weighted by atomic mass is 10.2. The summed E-state index contributed by atoms with van der Waals surface area (Å²) in [6, 6.07) is 10.2. The third-order valence-corrected chi connectivity index (χ3v) is 3.31. The van der Waals surface area contributed by atoms with Crippen LogP contribution in [0.4, 0.5) is 5.69 Å². The molecule has 88 valence electrons. The number of aryl methyl sites for hydroxylation is 1. The summed E-state index contributed by atoms with van der Waals surface area (Å²) in [7, 11) is 0. The molecule has 0 fully saturated rings. The Labute approximate surface area is 106 Å². The number of hydrogen-bond acceptors (Lipinski definition) is 4. The van der Waals surface area contributed by atoms with Crippen LogP contribution in [-0.2, 0) is 0 Å². The van der Waals surface area contributed by atoms with E-state index in [1.54, 1.807) is 24.3 Å². The predicted molar refractivity (Wildman–Crippen MR) is 72.4 cm³/mol. The standard InChI is InChI=1S/C13H15N3S/c1-11-4-2-3-5-12(11)15-8-9-17-13-6-7-14-10-16-13/h2-7,10,15H,8-9H2,1H3. The molecule has 0 unspecified atom stereocenters. The second-order valence-corrected chi connectivity index (χ2v) is 4.75. The van der Waals surface area contributed by atoms with E-state index in [1.165, 1.54) is 11.3 Å². The summed E-state index contributed by atoms with van der Waals surface area (Å²) < 4.78 is 0. The van der Waals surface area contributed by atoms with Crippen LogP contribution in [0.3, 0.4) is 0 Å². The molecule has 0 saturated heterocycles. The summed E-state index contributed by atoms with van der Waals surface area (Å²) in [4.78, 5) is 8.06. The largest absolute Gasteiger partial charge is 0.384 e. The Hall–Kier alpha value is -1.55. The Morgan fingerprint density at radius 3 is 2.88 bits per heavy atom. The van der Waals surface area contributed by atoms with Gasteiger partial charge in [-0.25, -0.2) is 9.97 Å². The van der Waals surface area contributed by atoms with Gasteiger partial charge in [0.2, 0.25) is 0 Å². The van der Waals surface area contributed by atoms with Gasteiger partial charge in [-0.2, -0.15) is 0 Å². The number of aromatic nitrogens is 2. The minimum Gasteiger partial charge on any atom is -0.384 e. The van der Waals surface area contributed by atoms with Crippen molar-refractivity contribution in [1.82, 2.24) is 9.97 Å². The van der Waals surface area contributed by atoms with Gasteiger partial charge < -0.3 is 5.32 Å². The Balaban J connectivity index is 1.76.